The number of benzene rings is 10. The van der Waals surface area contributed by atoms with Crippen LogP contribution in [0.5, 0.6) is 0 Å². The average molecular weight is 892 g/mol. The molecule has 1 unspecified atom stereocenters. The third kappa shape index (κ3) is 6.14. The van der Waals surface area contributed by atoms with Crippen molar-refractivity contribution in [1.29, 1.82) is 0 Å². The zero-order chi connectivity index (χ0) is 46.0. The van der Waals surface area contributed by atoms with Crippen molar-refractivity contribution >= 4 is 44.9 Å². The van der Waals surface area contributed by atoms with Crippen molar-refractivity contribution in [2.24, 2.45) is 0 Å². The van der Waals surface area contributed by atoms with Crippen LogP contribution in [0.15, 0.2) is 249 Å². The topological polar surface area (TPSA) is 22.0 Å². The van der Waals surface area contributed by atoms with Crippen LogP contribution >= 0.6 is 7.14 Å². The number of aromatic nitrogens is 1. The summed E-state index contributed by atoms with van der Waals surface area (Å²) in [5.74, 6) is 0. The van der Waals surface area contributed by atoms with E-state index in [9.17, 15) is 0 Å². The zero-order valence-electron chi connectivity index (χ0n) is 38.5. The lowest BCUT2D eigenvalue weighted by Gasteiger charge is -2.42. The molecule has 0 amide bonds. The van der Waals surface area contributed by atoms with Gasteiger partial charge in [0.15, 0.2) is 7.14 Å². The standard InChI is InChI=1S/C65H50NOP/c1-45-25-31-48(32-26-45)64(49-33-27-46(2)28-34-49,50-35-29-47(3)30-36-50)51-37-39-52(40-38-51)65(53-41-43-56(44-42-53)68(67,54-15-6-4-7-16-54)55-17-8-5-9-18-55)59-21-11-13-24-62(59)66-61-23-12-10-19-57(61)58-20-14-22-60(65)63(58)66/h4-44H,1-3H3. The first-order chi connectivity index (χ1) is 33.3. The zero-order valence-corrected chi connectivity index (χ0v) is 39.4. The van der Waals surface area contributed by atoms with Crippen LogP contribution in [0, 0.1) is 20.8 Å². The molecule has 0 aliphatic carbocycles. The molecule has 1 aromatic heterocycles. The fourth-order valence-corrected chi connectivity index (χ4v) is 14.2. The van der Waals surface area contributed by atoms with Crippen LogP contribution in [0.3, 0.4) is 0 Å². The minimum Gasteiger partial charge on any atom is -0.309 e. The Morgan fingerprint density at radius 1 is 0.368 bits per heavy atom. The van der Waals surface area contributed by atoms with Crippen molar-refractivity contribution in [3.05, 3.63) is 310 Å². The van der Waals surface area contributed by atoms with E-state index in [-0.39, 0.29) is 0 Å². The first kappa shape index (κ1) is 41.6. The molecule has 0 saturated heterocycles. The van der Waals surface area contributed by atoms with E-state index in [0.717, 1.165) is 32.7 Å². The van der Waals surface area contributed by atoms with E-state index in [0.29, 0.717) is 0 Å². The Balaban J connectivity index is 1.15. The molecule has 10 aromatic carbocycles. The van der Waals surface area contributed by atoms with Gasteiger partial charge in [0.1, 0.15) is 0 Å². The maximum atomic E-state index is 15.8. The van der Waals surface area contributed by atoms with E-state index >= 15 is 4.57 Å². The quantitative estimate of drug-likeness (QED) is 0.105. The van der Waals surface area contributed by atoms with Gasteiger partial charge in [-0.3, -0.25) is 0 Å². The Bertz CT molecular complexity index is 3530. The molecule has 2 heterocycles. The molecule has 0 N–H and O–H groups in total. The molecule has 1 aliphatic rings. The van der Waals surface area contributed by atoms with Crippen LogP contribution in [-0.4, -0.2) is 4.57 Å². The van der Waals surface area contributed by atoms with Gasteiger partial charge in [-0.05, 0) is 77.4 Å². The summed E-state index contributed by atoms with van der Waals surface area (Å²) < 4.78 is 18.3. The Kier molecular flexibility index (Phi) is 9.94. The summed E-state index contributed by atoms with van der Waals surface area (Å²) in [6, 6.07) is 90.2. The van der Waals surface area contributed by atoms with Gasteiger partial charge in [-0.25, -0.2) is 0 Å². The van der Waals surface area contributed by atoms with Gasteiger partial charge >= 0.3 is 0 Å². The van der Waals surface area contributed by atoms with Crippen molar-refractivity contribution in [3.8, 4) is 5.69 Å². The van der Waals surface area contributed by atoms with E-state index in [4.69, 9.17) is 0 Å². The summed E-state index contributed by atoms with van der Waals surface area (Å²) in [5, 5.41) is 4.90. The number of nitrogens with zero attached hydrogens (tertiary/aromatic N) is 1. The molecule has 0 bridgehead atoms. The van der Waals surface area contributed by atoms with Gasteiger partial charge in [0, 0.05) is 26.7 Å². The molecule has 3 heteroatoms. The maximum absolute atomic E-state index is 15.8. The van der Waals surface area contributed by atoms with Crippen LogP contribution < -0.4 is 15.9 Å². The van der Waals surface area contributed by atoms with Crippen molar-refractivity contribution in [3.63, 3.8) is 0 Å². The van der Waals surface area contributed by atoms with Crippen LogP contribution in [0.4, 0.5) is 0 Å². The van der Waals surface area contributed by atoms with Gasteiger partial charge < -0.3 is 9.13 Å². The number of para-hydroxylation sites is 3. The fourth-order valence-electron chi connectivity index (χ4n) is 11.5. The molecule has 0 fully saturated rings. The van der Waals surface area contributed by atoms with Gasteiger partial charge in [-0.1, -0.05) is 253 Å². The summed E-state index contributed by atoms with van der Waals surface area (Å²) in [5.41, 5.74) is 15.3. The van der Waals surface area contributed by atoms with Gasteiger partial charge in [-0.2, -0.15) is 0 Å². The van der Waals surface area contributed by atoms with Crippen LogP contribution in [0.25, 0.3) is 27.5 Å². The van der Waals surface area contributed by atoms with Gasteiger partial charge in [0.25, 0.3) is 0 Å². The second-order valence-electron chi connectivity index (χ2n) is 18.6. The molecule has 68 heavy (non-hydrogen) atoms. The Labute approximate surface area is 399 Å². The number of hydrogen-bond acceptors (Lipinski definition) is 1. The number of rotatable bonds is 9. The Morgan fingerprint density at radius 2 is 0.765 bits per heavy atom. The molecule has 1 atom stereocenters. The minimum absolute atomic E-state index is 0.616. The highest BCUT2D eigenvalue weighted by Crippen LogP contribution is 2.55. The molecule has 0 saturated carbocycles. The molecule has 326 valence electrons. The molecule has 12 rings (SSSR count). The molecule has 11 aromatic rings. The lowest BCUT2D eigenvalue weighted by atomic mass is 9.61. The molecule has 0 spiro atoms. The largest absolute Gasteiger partial charge is 0.309 e. The predicted molar refractivity (Wildman–Crippen MR) is 285 cm³/mol. The third-order valence-electron chi connectivity index (χ3n) is 14.8. The molecule has 1 aliphatic heterocycles. The van der Waals surface area contributed by atoms with Crippen LogP contribution in [0.2, 0.25) is 0 Å². The number of hydrogen-bond donors (Lipinski definition) is 0. The van der Waals surface area contributed by atoms with Crippen molar-refractivity contribution in [2.75, 3.05) is 0 Å². The van der Waals surface area contributed by atoms with E-state index in [1.807, 2.05) is 60.7 Å². The summed E-state index contributed by atoms with van der Waals surface area (Å²) in [4.78, 5) is 0. The predicted octanol–water partition coefficient (Wildman–Crippen LogP) is 14.4. The molecule has 0 radical (unpaired) electrons. The minimum atomic E-state index is -3.24. The SMILES string of the molecule is Cc1ccc(C(c2ccc(C)cc2)(c2ccc(C)cc2)c2ccc(C3(c4ccc(P(=O)(c5ccccc5)c5ccccc5)cc4)c4ccccc4-n4c5ccccc5c5cccc3c54)cc2)cc1. The summed E-state index contributed by atoms with van der Waals surface area (Å²) in [7, 11) is -3.24. The van der Waals surface area contributed by atoms with E-state index < -0.39 is 18.0 Å². The van der Waals surface area contributed by atoms with Gasteiger partial charge in [0.2, 0.25) is 0 Å². The lowest BCUT2D eigenvalue weighted by Crippen LogP contribution is -2.36. The molecule has 2 nitrogen and oxygen atoms in total. The highest BCUT2D eigenvalue weighted by molar-refractivity contribution is 7.85. The first-order valence-corrected chi connectivity index (χ1v) is 25.3. The smallest absolute Gasteiger partial charge is 0.171 e. The molecular weight excluding hydrogens is 842 g/mol. The molecular formula is C65H50NOP. The number of fused-ring (bicyclic) bond motifs is 5. The van der Waals surface area contributed by atoms with E-state index in [2.05, 4.69) is 213 Å². The van der Waals surface area contributed by atoms with E-state index in [1.54, 1.807) is 0 Å². The van der Waals surface area contributed by atoms with Crippen molar-refractivity contribution in [2.45, 2.75) is 31.6 Å². The van der Waals surface area contributed by atoms with Crippen molar-refractivity contribution < 1.29 is 4.57 Å². The highest BCUT2D eigenvalue weighted by atomic mass is 31.2. The Hall–Kier alpha value is -7.77. The van der Waals surface area contributed by atoms with Crippen LogP contribution in [-0.2, 0) is 15.4 Å². The number of aryl methyl sites for hydroxylation is 3. The monoisotopic (exact) mass is 891 g/mol. The van der Waals surface area contributed by atoms with Gasteiger partial charge in [-0.15, -0.1) is 0 Å². The average Bonchev–Trinajstić information content (AvgIpc) is 3.74. The highest BCUT2D eigenvalue weighted by Gasteiger charge is 2.46. The van der Waals surface area contributed by atoms with Crippen LogP contribution in [0.1, 0.15) is 61.2 Å². The third-order valence-corrected chi connectivity index (χ3v) is 17.8. The second kappa shape index (κ2) is 16.2. The maximum Gasteiger partial charge on any atom is 0.171 e. The fraction of sp³-hybridized carbons (Fsp3) is 0.0769. The lowest BCUT2D eigenvalue weighted by molar-refractivity contribution is 0.592. The summed E-state index contributed by atoms with van der Waals surface area (Å²) >= 11 is 0. The first-order valence-electron chi connectivity index (χ1n) is 23.6. The van der Waals surface area contributed by atoms with Gasteiger partial charge in [0.05, 0.1) is 27.6 Å². The Morgan fingerprint density at radius 3 is 1.29 bits per heavy atom. The summed E-state index contributed by atoms with van der Waals surface area (Å²) in [6.07, 6.45) is 0. The van der Waals surface area contributed by atoms with E-state index in [1.165, 1.54) is 71.9 Å². The normalized spacial score (nSPS) is 14.5. The van der Waals surface area contributed by atoms with Crippen molar-refractivity contribution in [1.82, 2.24) is 4.57 Å². The summed E-state index contributed by atoms with van der Waals surface area (Å²) in [6.45, 7) is 6.48. The second-order valence-corrected chi connectivity index (χ2v) is 21.3.